The minimum atomic E-state index is -4.53. The molecular formula is C14H20ClF3N2O2. The quantitative estimate of drug-likeness (QED) is 0.837. The summed E-state index contributed by atoms with van der Waals surface area (Å²) in [4.78, 5) is 11.7. The first-order valence-electron chi connectivity index (χ1n) is 6.58. The number of carbonyl (C=O) groups is 1. The van der Waals surface area contributed by atoms with Crippen molar-refractivity contribution in [2.45, 2.75) is 38.6 Å². The van der Waals surface area contributed by atoms with Gasteiger partial charge in [-0.1, -0.05) is 12.1 Å². The van der Waals surface area contributed by atoms with Crippen LogP contribution in [0.4, 0.5) is 13.2 Å². The number of alkyl halides is 3. The molecule has 0 saturated heterocycles. The number of hydrogen-bond acceptors (Lipinski definition) is 3. The molecule has 0 saturated carbocycles. The van der Waals surface area contributed by atoms with Crippen LogP contribution in [-0.4, -0.2) is 24.6 Å². The van der Waals surface area contributed by atoms with Gasteiger partial charge >= 0.3 is 6.18 Å². The first kappa shape index (κ1) is 20.5. The zero-order valence-corrected chi connectivity index (χ0v) is 13.1. The summed E-state index contributed by atoms with van der Waals surface area (Å²) in [5.41, 5.74) is 4.64. The monoisotopic (exact) mass is 340 g/mol. The third-order valence-electron chi connectivity index (χ3n) is 2.76. The molecule has 0 fully saturated rings. The van der Waals surface area contributed by atoms with Crippen molar-refractivity contribution in [2.24, 2.45) is 5.73 Å². The van der Waals surface area contributed by atoms with Gasteiger partial charge in [-0.3, -0.25) is 4.79 Å². The Balaban J connectivity index is 0.00000441. The fourth-order valence-corrected chi connectivity index (χ4v) is 1.61. The van der Waals surface area contributed by atoms with Crippen molar-refractivity contribution in [3.8, 4) is 5.75 Å². The van der Waals surface area contributed by atoms with Gasteiger partial charge in [0.15, 0.2) is 6.10 Å². The molecule has 2 atom stereocenters. The smallest absolute Gasteiger partial charge is 0.419 e. The fourth-order valence-electron chi connectivity index (χ4n) is 1.61. The van der Waals surface area contributed by atoms with Gasteiger partial charge in [0.1, 0.15) is 5.75 Å². The van der Waals surface area contributed by atoms with Gasteiger partial charge < -0.3 is 15.8 Å². The molecule has 0 heterocycles. The van der Waals surface area contributed by atoms with Crippen LogP contribution < -0.4 is 15.8 Å². The summed E-state index contributed by atoms with van der Waals surface area (Å²) in [7, 11) is 0. The molecule has 0 bridgehead atoms. The molecule has 0 aliphatic heterocycles. The number of carbonyl (C=O) groups excluding carboxylic acids is 1. The Labute approximate surface area is 133 Å². The number of rotatable bonds is 6. The summed E-state index contributed by atoms with van der Waals surface area (Å²) in [6.07, 6.45) is -4.97. The minimum Gasteiger partial charge on any atom is -0.480 e. The predicted molar refractivity (Wildman–Crippen MR) is 80.1 cm³/mol. The topological polar surface area (TPSA) is 64.3 Å². The second-order valence-electron chi connectivity index (χ2n) is 4.81. The number of halogens is 4. The molecule has 8 heteroatoms. The van der Waals surface area contributed by atoms with E-state index in [2.05, 4.69) is 5.32 Å². The number of amides is 1. The summed E-state index contributed by atoms with van der Waals surface area (Å²) < 4.78 is 43.5. The maximum atomic E-state index is 12.8. The minimum absolute atomic E-state index is 0. The lowest BCUT2D eigenvalue weighted by Gasteiger charge is -2.18. The van der Waals surface area contributed by atoms with Crippen molar-refractivity contribution in [3.63, 3.8) is 0 Å². The average molecular weight is 341 g/mol. The van der Waals surface area contributed by atoms with E-state index >= 15 is 0 Å². The van der Waals surface area contributed by atoms with Crippen LogP contribution in [0.3, 0.4) is 0 Å². The number of hydrogen-bond donors (Lipinski definition) is 2. The van der Waals surface area contributed by atoms with Crippen LogP contribution in [-0.2, 0) is 11.0 Å². The third kappa shape index (κ3) is 6.53. The zero-order valence-electron chi connectivity index (χ0n) is 12.3. The number of benzene rings is 1. The van der Waals surface area contributed by atoms with Crippen LogP contribution in [0.5, 0.6) is 5.75 Å². The molecule has 1 aromatic carbocycles. The summed E-state index contributed by atoms with van der Waals surface area (Å²) in [5.74, 6) is -0.840. The van der Waals surface area contributed by atoms with Crippen LogP contribution >= 0.6 is 12.4 Å². The molecule has 0 radical (unpaired) electrons. The lowest BCUT2D eigenvalue weighted by molar-refractivity contribution is -0.140. The van der Waals surface area contributed by atoms with Crippen LogP contribution in [0.15, 0.2) is 24.3 Å². The molecule has 3 N–H and O–H groups in total. The van der Waals surface area contributed by atoms with Gasteiger partial charge in [-0.25, -0.2) is 0 Å². The lowest BCUT2D eigenvalue weighted by Crippen LogP contribution is -2.38. The molecule has 2 unspecified atom stereocenters. The van der Waals surface area contributed by atoms with E-state index in [9.17, 15) is 18.0 Å². The summed E-state index contributed by atoms with van der Waals surface area (Å²) in [6.45, 7) is 3.55. The Morgan fingerprint density at radius 2 is 1.91 bits per heavy atom. The van der Waals surface area contributed by atoms with Crippen molar-refractivity contribution < 1.29 is 22.7 Å². The Hall–Kier alpha value is -1.47. The Bertz CT molecular complexity index is 481. The fraction of sp³-hybridized carbons (Fsp3) is 0.500. The molecule has 0 aliphatic rings. The van der Waals surface area contributed by atoms with Gasteiger partial charge in [-0.05, 0) is 32.4 Å². The van der Waals surface area contributed by atoms with Gasteiger partial charge in [0.25, 0.3) is 5.91 Å². The number of nitrogens with two attached hydrogens (primary N) is 1. The van der Waals surface area contributed by atoms with E-state index < -0.39 is 23.8 Å². The van der Waals surface area contributed by atoms with Crippen LogP contribution in [0.1, 0.15) is 25.8 Å². The molecule has 0 spiro atoms. The molecule has 0 aliphatic carbocycles. The molecular weight excluding hydrogens is 321 g/mol. The number of ether oxygens (including phenoxy) is 1. The summed E-state index contributed by atoms with van der Waals surface area (Å²) >= 11 is 0. The van der Waals surface area contributed by atoms with Crippen molar-refractivity contribution in [2.75, 3.05) is 6.54 Å². The van der Waals surface area contributed by atoms with E-state index in [0.717, 1.165) is 6.07 Å². The maximum Gasteiger partial charge on any atom is 0.419 e. The van der Waals surface area contributed by atoms with Gasteiger partial charge in [0, 0.05) is 12.6 Å². The first-order chi connectivity index (χ1) is 9.71. The zero-order chi connectivity index (χ0) is 16.0. The normalized spacial score (nSPS) is 13.7. The van der Waals surface area contributed by atoms with E-state index in [-0.39, 0.29) is 24.2 Å². The summed E-state index contributed by atoms with van der Waals surface area (Å²) in [5, 5.41) is 2.57. The number of para-hydroxylation sites is 1. The highest BCUT2D eigenvalue weighted by Gasteiger charge is 2.34. The van der Waals surface area contributed by atoms with Crippen LogP contribution in [0.25, 0.3) is 0 Å². The second kappa shape index (κ2) is 8.85. The predicted octanol–water partition coefficient (Wildman–Crippen LogP) is 2.75. The lowest BCUT2D eigenvalue weighted by atomic mass is 10.2. The van der Waals surface area contributed by atoms with E-state index in [1.807, 2.05) is 0 Å². The van der Waals surface area contributed by atoms with Crippen LogP contribution in [0.2, 0.25) is 0 Å². The molecule has 0 aromatic heterocycles. The largest absolute Gasteiger partial charge is 0.480 e. The Kier molecular flexibility index (Phi) is 8.26. The first-order valence-corrected chi connectivity index (χ1v) is 6.58. The van der Waals surface area contributed by atoms with E-state index in [4.69, 9.17) is 10.5 Å². The summed E-state index contributed by atoms with van der Waals surface area (Å²) in [6, 6.07) is 4.73. The SMILES string of the molecule is CC(N)CCNC(=O)C(C)Oc1ccccc1C(F)(F)F.Cl. The van der Waals surface area contributed by atoms with Crippen molar-refractivity contribution >= 4 is 18.3 Å². The van der Waals surface area contributed by atoms with Crippen molar-refractivity contribution in [1.29, 1.82) is 0 Å². The second-order valence-corrected chi connectivity index (χ2v) is 4.81. The highest BCUT2D eigenvalue weighted by Crippen LogP contribution is 2.36. The number of nitrogens with one attached hydrogen (secondary N) is 1. The standard InChI is InChI=1S/C14H19F3N2O2.ClH/c1-9(18)7-8-19-13(20)10(2)21-12-6-4-3-5-11(12)14(15,16)17;/h3-6,9-10H,7-8,18H2,1-2H3,(H,19,20);1H. The molecule has 1 aromatic rings. The molecule has 4 nitrogen and oxygen atoms in total. The van der Waals surface area contributed by atoms with E-state index in [0.29, 0.717) is 13.0 Å². The Morgan fingerprint density at radius 3 is 2.45 bits per heavy atom. The molecule has 126 valence electrons. The molecule has 1 amide bonds. The average Bonchev–Trinajstić information content (AvgIpc) is 2.37. The van der Waals surface area contributed by atoms with E-state index in [1.54, 1.807) is 6.92 Å². The van der Waals surface area contributed by atoms with Crippen LogP contribution in [0, 0.1) is 0 Å². The van der Waals surface area contributed by atoms with E-state index in [1.165, 1.54) is 25.1 Å². The van der Waals surface area contributed by atoms with Gasteiger partial charge in [-0.15, -0.1) is 12.4 Å². The van der Waals surface area contributed by atoms with Gasteiger partial charge in [0.05, 0.1) is 5.56 Å². The highest BCUT2D eigenvalue weighted by molar-refractivity contribution is 5.85. The van der Waals surface area contributed by atoms with Gasteiger partial charge in [0.2, 0.25) is 0 Å². The van der Waals surface area contributed by atoms with Crippen molar-refractivity contribution in [1.82, 2.24) is 5.32 Å². The maximum absolute atomic E-state index is 12.8. The van der Waals surface area contributed by atoms with Gasteiger partial charge in [-0.2, -0.15) is 13.2 Å². The Morgan fingerprint density at radius 1 is 1.32 bits per heavy atom. The highest BCUT2D eigenvalue weighted by atomic mass is 35.5. The molecule has 22 heavy (non-hydrogen) atoms. The molecule has 1 rings (SSSR count). The van der Waals surface area contributed by atoms with Crippen molar-refractivity contribution in [3.05, 3.63) is 29.8 Å². The third-order valence-corrected chi connectivity index (χ3v) is 2.76.